The van der Waals surface area contributed by atoms with Crippen molar-refractivity contribution in [3.8, 4) is 0 Å². The predicted molar refractivity (Wildman–Crippen MR) is 74.0 cm³/mol. The Labute approximate surface area is 114 Å². The Hall–Kier alpha value is -1.52. The molecule has 108 valence electrons. The normalized spacial score (nSPS) is 14.9. The Bertz CT molecular complexity index is 356. The number of carboxylic acids is 1. The molecule has 1 rings (SSSR count). The molecule has 0 atom stereocenters. The van der Waals surface area contributed by atoms with Crippen molar-refractivity contribution in [2.75, 3.05) is 13.1 Å². The minimum atomic E-state index is -0.871. The van der Waals surface area contributed by atoms with E-state index in [0.29, 0.717) is 6.54 Å². The van der Waals surface area contributed by atoms with Gasteiger partial charge < -0.3 is 14.9 Å². The van der Waals surface area contributed by atoms with Gasteiger partial charge >= 0.3 is 12.0 Å². The van der Waals surface area contributed by atoms with Gasteiger partial charge in [-0.05, 0) is 33.6 Å². The Morgan fingerprint density at radius 2 is 1.95 bits per heavy atom. The van der Waals surface area contributed by atoms with Crippen LogP contribution in [0.3, 0.4) is 0 Å². The number of carboxylic acid groups (broad SMARTS) is 1. The molecule has 0 aromatic rings. The van der Waals surface area contributed by atoms with Gasteiger partial charge in [0.2, 0.25) is 0 Å². The molecule has 1 fully saturated rings. The van der Waals surface area contributed by atoms with E-state index in [9.17, 15) is 9.59 Å². The van der Waals surface area contributed by atoms with E-state index in [0.717, 1.165) is 12.8 Å². The third-order valence-corrected chi connectivity index (χ3v) is 3.15. The second-order valence-electron chi connectivity index (χ2n) is 5.92. The SMILES string of the molecule is C=CCN(C(=O)N(CCC(=O)O)C1CC1)C(C)(C)C. The molecule has 1 saturated carbocycles. The highest BCUT2D eigenvalue weighted by Crippen LogP contribution is 2.29. The molecule has 2 amide bonds. The maximum atomic E-state index is 12.6. The number of rotatable bonds is 6. The summed E-state index contributed by atoms with van der Waals surface area (Å²) >= 11 is 0. The van der Waals surface area contributed by atoms with E-state index in [1.165, 1.54) is 0 Å². The zero-order valence-electron chi connectivity index (χ0n) is 12.1. The maximum Gasteiger partial charge on any atom is 0.320 e. The molecule has 0 bridgehead atoms. The van der Waals surface area contributed by atoms with Gasteiger partial charge in [0.05, 0.1) is 6.42 Å². The molecule has 5 heteroatoms. The van der Waals surface area contributed by atoms with Gasteiger partial charge in [0, 0.05) is 24.7 Å². The third kappa shape index (κ3) is 4.58. The van der Waals surface area contributed by atoms with Crippen molar-refractivity contribution in [2.24, 2.45) is 0 Å². The lowest BCUT2D eigenvalue weighted by Gasteiger charge is -2.38. The lowest BCUT2D eigenvalue weighted by atomic mass is 10.1. The summed E-state index contributed by atoms with van der Waals surface area (Å²) in [4.78, 5) is 26.7. The predicted octanol–water partition coefficient (Wildman–Crippen LogP) is 2.33. The summed E-state index contributed by atoms with van der Waals surface area (Å²) in [5, 5.41) is 8.78. The molecule has 19 heavy (non-hydrogen) atoms. The van der Waals surface area contributed by atoms with Crippen LogP contribution in [0.4, 0.5) is 4.79 Å². The first kappa shape index (κ1) is 15.5. The van der Waals surface area contributed by atoms with Crippen molar-refractivity contribution < 1.29 is 14.7 Å². The first-order valence-electron chi connectivity index (χ1n) is 6.68. The van der Waals surface area contributed by atoms with Crippen molar-refractivity contribution >= 4 is 12.0 Å². The zero-order chi connectivity index (χ0) is 14.6. The van der Waals surface area contributed by atoms with E-state index in [2.05, 4.69) is 6.58 Å². The fourth-order valence-electron chi connectivity index (χ4n) is 1.96. The van der Waals surface area contributed by atoms with E-state index >= 15 is 0 Å². The van der Waals surface area contributed by atoms with Crippen LogP contribution in [0.15, 0.2) is 12.7 Å². The molecular weight excluding hydrogens is 244 g/mol. The van der Waals surface area contributed by atoms with Crippen LogP contribution in [-0.2, 0) is 4.79 Å². The minimum Gasteiger partial charge on any atom is -0.481 e. The molecular formula is C14H24N2O3. The average molecular weight is 268 g/mol. The van der Waals surface area contributed by atoms with Gasteiger partial charge in [0.15, 0.2) is 0 Å². The molecule has 5 nitrogen and oxygen atoms in total. The molecule has 0 aromatic heterocycles. The fraction of sp³-hybridized carbons (Fsp3) is 0.714. The van der Waals surface area contributed by atoms with Crippen molar-refractivity contribution in [3.05, 3.63) is 12.7 Å². The smallest absolute Gasteiger partial charge is 0.320 e. The summed E-state index contributed by atoms with van der Waals surface area (Å²) in [6.45, 7) is 10.3. The summed E-state index contributed by atoms with van der Waals surface area (Å²) in [6.07, 6.45) is 3.63. The summed E-state index contributed by atoms with van der Waals surface area (Å²) in [5.74, 6) is -0.871. The largest absolute Gasteiger partial charge is 0.481 e. The van der Waals surface area contributed by atoms with Crippen LogP contribution >= 0.6 is 0 Å². The zero-order valence-corrected chi connectivity index (χ0v) is 12.1. The van der Waals surface area contributed by atoms with Gasteiger partial charge in [-0.15, -0.1) is 6.58 Å². The molecule has 1 aliphatic rings. The number of hydrogen-bond donors (Lipinski definition) is 1. The minimum absolute atomic E-state index is 0.00564. The van der Waals surface area contributed by atoms with Crippen LogP contribution < -0.4 is 0 Å². The molecule has 0 aliphatic heterocycles. The molecule has 1 aliphatic carbocycles. The van der Waals surface area contributed by atoms with Crippen molar-refractivity contribution in [1.82, 2.24) is 9.80 Å². The maximum absolute atomic E-state index is 12.6. The summed E-state index contributed by atoms with van der Waals surface area (Å²) in [6, 6.07) is 0.123. The highest BCUT2D eigenvalue weighted by Gasteiger charge is 2.37. The monoisotopic (exact) mass is 268 g/mol. The van der Waals surface area contributed by atoms with Crippen LogP contribution in [-0.4, -0.2) is 51.6 Å². The topological polar surface area (TPSA) is 60.9 Å². The van der Waals surface area contributed by atoms with E-state index < -0.39 is 5.97 Å². The first-order valence-corrected chi connectivity index (χ1v) is 6.68. The highest BCUT2D eigenvalue weighted by atomic mass is 16.4. The van der Waals surface area contributed by atoms with Gasteiger partial charge in [-0.2, -0.15) is 0 Å². The molecule has 0 aromatic carbocycles. The van der Waals surface area contributed by atoms with Crippen LogP contribution in [0.2, 0.25) is 0 Å². The van der Waals surface area contributed by atoms with Gasteiger partial charge in [-0.25, -0.2) is 4.79 Å². The number of urea groups is 1. The second kappa shape index (κ2) is 6.08. The Morgan fingerprint density at radius 3 is 2.32 bits per heavy atom. The van der Waals surface area contributed by atoms with Crippen molar-refractivity contribution in [3.63, 3.8) is 0 Å². The van der Waals surface area contributed by atoms with Crippen LogP contribution in [0, 0.1) is 0 Å². The van der Waals surface area contributed by atoms with E-state index in [1.807, 2.05) is 20.8 Å². The molecule has 0 radical (unpaired) electrons. The van der Waals surface area contributed by atoms with Gasteiger partial charge in [-0.3, -0.25) is 4.79 Å². The molecule has 0 spiro atoms. The standard InChI is InChI=1S/C14H24N2O3/c1-5-9-16(14(2,3)4)13(19)15(11-6-7-11)10-8-12(17)18/h5,11H,1,6-10H2,2-4H3,(H,17,18). The average Bonchev–Trinajstić information content (AvgIpc) is 3.08. The van der Waals surface area contributed by atoms with Crippen LogP contribution in [0.5, 0.6) is 0 Å². The molecule has 0 saturated heterocycles. The fourth-order valence-corrected chi connectivity index (χ4v) is 1.96. The Balaban J connectivity index is 2.78. The summed E-state index contributed by atoms with van der Waals surface area (Å²) in [7, 11) is 0. The second-order valence-corrected chi connectivity index (χ2v) is 5.92. The van der Waals surface area contributed by atoms with Gasteiger partial charge in [-0.1, -0.05) is 6.08 Å². The number of carbonyl (C=O) groups excluding carboxylic acids is 1. The lowest BCUT2D eigenvalue weighted by Crippen LogP contribution is -2.53. The number of aliphatic carboxylic acids is 1. The van der Waals surface area contributed by atoms with Crippen molar-refractivity contribution in [1.29, 1.82) is 0 Å². The van der Waals surface area contributed by atoms with Gasteiger partial charge in [0.25, 0.3) is 0 Å². The summed E-state index contributed by atoms with van der Waals surface area (Å²) in [5.41, 5.74) is -0.304. The molecule has 0 unspecified atom stereocenters. The lowest BCUT2D eigenvalue weighted by molar-refractivity contribution is -0.137. The van der Waals surface area contributed by atoms with E-state index in [-0.39, 0.29) is 30.6 Å². The quantitative estimate of drug-likeness (QED) is 0.752. The molecule has 0 heterocycles. The number of hydrogen-bond acceptors (Lipinski definition) is 2. The highest BCUT2D eigenvalue weighted by molar-refractivity contribution is 5.77. The Kier molecular flexibility index (Phi) is 4.97. The third-order valence-electron chi connectivity index (χ3n) is 3.15. The number of carbonyl (C=O) groups is 2. The van der Waals surface area contributed by atoms with E-state index in [1.54, 1.807) is 15.9 Å². The number of amides is 2. The first-order chi connectivity index (χ1) is 8.77. The summed E-state index contributed by atoms with van der Waals surface area (Å²) < 4.78 is 0. The Morgan fingerprint density at radius 1 is 1.37 bits per heavy atom. The van der Waals surface area contributed by atoms with Crippen LogP contribution in [0.25, 0.3) is 0 Å². The van der Waals surface area contributed by atoms with E-state index in [4.69, 9.17) is 5.11 Å². The van der Waals surface area contributed by atoms with Gasteiger partial charge in [0.1, 0.15) is 0 Å². The number of nitrogens with zero attached hydrogens (tertiary/aromatic N) is 2. The van der Waals surface area contributed by atoms with Crippen molar-refractivity contribution in [2.45, 2.75) is 51.6 Å². The van der Waals surface area contributed by atoms with Crippen LogP contribution in [0.1, 0.15) is 40.0 Å². The molecule has 1 N–H and O–H groups in total.